The van der Waals surface area contributed by atoms with Crippen molar-refractivity contribution in [1.29, 1.82) is 0 Å². The van der Waals surface area contributed by atoms with Crippen LogP contribution in [0.3, 0.4) is 0 Å². The number of esters is 1. The Morgan fingerprint density at radius 2 is 1.89 bits per heavy atom. The molecule has 0 saturated carbocycles. The first-order valence-corrected chi connectivity index (χ1v) is 11.3. The Bertz CT molecular complexity index is 1330. The monoisotopic (exact) mass is 491 g/mol. The van der Waals surface area contributed by atoms with Crippen LogP contribution in [0.15, 0.2) is 67.0 Å². The van der Waals surface area contributed by atoms with Gasteiger partial charge in [0.2, 0.25) is 0 Å². The van der Waals surface area contributed by atoms with Gasteiger partial charge in [0.15, 0.2) is 5.13 Å². The van der Waals surface area contributed by atoms with E-state index in [1.807, 2.05) is 0 Å². The molecule has 1 saturated heterocycles. The van der Waals surface area contributed by atoms with Crippen molar-refractivity contribution >= 4 is 39.9 Å². The topological polar surface area (TPSA) is 119 Å². The van der Waals surface area contributed by atoms with Gasteiger partial charge >= 0.3 is 11.9 Å². The molecule has 1 atom stereocenters. The number of aryl methyl sites for hydroxylation is 1. The van der Waals surface area contributed by atoms with Crippen molar-refractivity contribution in [2.75, 3.05) is 18.6 Å². The minimum atomic E-state index is -0.989. The van der Waals surface area contributed by atoms with E-state index in [-0.39, 0.29) is 27.9 Å². The third-order valence-electron chi connectivity index (χ3n) is 5.34. The van der Waals surface area contributed by atoms with E-state index in [9.17, 15) is 19.5 Å². The maximum absolute atomic E-state index is 13.3. The van der Waals surface area contributed by atoms with Crippen molar-refractivity contribution in [3.8, 4) is 5.75 Å². The first-order valence-electron chi connectivity index (χ1n) is 10.5. The maximum Gasteiger partial charge on any atom is 0.350 e. The van der Waals surface area contributed by atoms with Gasteiger partial charge in [0.05, 0.1) is 24.4 Å². The molecule has 9 nitrogen and oxygen atoms in total. The van der Waals surface area contributed by atoms with Gasteiger partial charge in [-0.2, -0.15) is 0 Å². The molecule has 178 valence electrons. The number of ketones is 1. The Labute approximate surface area is 205 Å². The van der Waals surface area contributed by atoms with Crippen LogP contribution in [-0.2, 0) is 14.3 Å². The fraction of sp³-hybridized carbons (Fsp3) is 0.160. The number of aliphatic hydroxyl groups is 1. The number of pyridine rings is 1. The number of thiazole rings is 1. The molecule has 4 rings (SSSR count). The van der Waals surface area contributed by atoms with Gasteiger partial charge in [0.25, 0.3) is 5.78 Å². The molecule has 3 heterocycles. The van der Waals surface area contributed by atoms with E-state index in [1.165, 1.54) is 42.6 Å². The van der Waals surface area contributed by atoms with Crippen molar-refractivity contribution in [1.82, 2.24) is 9.97 Å². The summed E-state index contributed by atoms with van der Waals surface area (Å²) in [6.07, 6.45) is 4.38. The molecule has 1 aliphatic rings. The molecule has 0 spiro atoms. The lowest BCUT2D eigenvalue weighted by Crippen LogP contribution is -2.29. The number of amides is 1. The third-order valence-corrected chi connectivity index (χ3v) is 6.48. The van der Waals surface area contributed by atoms with Crippen LogP contribution >= 0.6 is 11.3 Å². The second kappa shape index (κ2) is 9.90. The number of methoxy groups -OCH3 is 1. The molecule has 1 aromatic carbocycles. The van der Waals surface area contributed by atoms with E-state index >= 15 is 0 Å². The Kier molecular flexibility index (Phi) is 6.74. The fourth-order valence-electron chi connectivity index (χ4n) is 3.67. The molecule has 2 aromatic heterocycles. The smallest absolute Gasteiger partial charge is 0.350 e. The highest BCUT2D eigenvalue weighted by Crippen LogP contribution is 2.44. The summed E-state index contributed by atoms with van der Waals surface area (Å²) in [5.74, 6) is -2.12. The van der Waals surface area contributed by atoms with Crippen molar-refractivity contribution in [3.63, 3.8) is 0 Å². The number of anilines is 1. The summed E-state index contributed by atoms with van der Waals surface area (Å²) in [7, 11) is 1.52. The van der Waals surface area contributed by atoms with E-state index in [4.69, 9.17) is 9.47 Å². The summed E-state index contributed by atoms with van der Waals surface area (Å²) in [5, 5.41) is 11.2. The van der Waals surface area contributed by atoms with E-state index in [2.05, 4.69) is 16.5 Å². The van der Waals surface area contributed by atoms with Crippen LogP contribution in [0.4, 0.5) is 5.13 Å². The normalized spacial score (nSPS) is 16.9. The highest BCUT2D eigenvalue weighted by molar-refractivity contribution is 7.17. The van der Waals surface area contributed by atoms with E-state index in [1.54, 1.807) is 31.2 Å². The summed E-state index contributed by atoms with van der Waals surface area (Å²) < 4.78 is 10.3. The van der Waals surface area contributed by atoms with E-state index in [0.717, 1.165) is 11.3 Å². The van der Waals surface area contributed by atoms with Gasteiger partial charge in [0.1, 0.15) is 23.0 Å². The molecule has 1 fully saturated rings. The van der Waals surface area contributed by atoms with E-state index in [0.29, 0.717) is 22.6 Å². The quantitative estimate of drug-likeness (QED) is 0.174. The SMILES string of the molecule is C=CCOC(=O)c1sc(N2C(=O)C(=O)/C(=C(/O)c3ccncc3)C2c2ccc(OC)cc2)nc1C. The highest BCUT2D eigenvalue weighted by Gasteiger charge is 2.48. The molecule has 1 unspecified atom stereocenters. The second-order valence-corrected chi connectivity index (χ2v) is 8.45. The van der Waals surface area contributed by atoms with Crippen LogP contribution in [0.1, 0.15) is 32.5 Å². The van der Waals surface area contributed by atoms with Gasteiger partial charge in [-0.15, -0.1) is 0 Å². The molecule has 0 bridgehead atoms. The number of carbonyl (C=O) groups is 3. The molecular formula is C25H21N3O6S. The Morgan fingerprint density at radius 1 is 1.20 bits per heavy atom. The first kappa shape index (κ1) is 23.8. The lowest BCUT2D eigenvalue weighted by atomic mass is 9.95. The van der Waals surface area contributed by atoms with Gasteiger partial charge in [-0.05, 0) is 36.8 Å². The summed E-state index contributed by atoms with van der Waals surface area (Å²) in [6, 6.07) is 8.85. The number of benzene rings is 1. The molecule has 3 aromatic rings. The van der Waals surface area contributed by atoms with Crippen LogP contribution < -0.4 is 9.64 Å². The zero-order valence-electron chi connectivity index (χ0n) is 18.9. The number of aliphatic hydroxyl groups excluding tert-OH is 1. The molecule has 1 aliphatic heterocycles. The number of aromatic nitrogens is 2. The van der Waals surface area contributed by atoms with Gasteiger partial charge in [-0.1, -0.05) is 36.1 Å². The minimum absolute atomic E-state index is 0.0216. The Hall–Kier alpha value is -4.31. The van der Waals surface area contributed by atoms with Crippen LogP contribution in [0.25, 0.3) is 5.76 Å². The number of hydrogen-bond acceptors (Lipinski definition) is 9. The molecule has 10 heteroatoms. The number of Topliss-reactive ketones (excluding diaryl/α,β-unsaturated/α-hetero) is 1. The Balaban J connectivity index is 1.87. The molecule has 1 amide bonds. The van der Waals surface area contributed by atoms with Gasteiger partial charge in [0, 0.05) is 18.0 Å². The lowest BCUT2D eigenvalue weighted by molar-refractivity contribution is -0.132. The summed E-state index contributed by atoms with van der Waals surface area (Å²) in [5.41, 5.74) is 1.13. The highest BCUT2D eigenvalue weighted by atomic mass is 32.1. The van der Waals surface area contributed by atoms with Crippen LogP contribution in [0.2, 0.25) is 0 Å². The zero-order valence-corrected chi connectivity index (χ0v) is 19.7. The summed E-state index contributed by atoms with van der Waals surface area (Å²) in [6.45, 7) is 5.15. The number of carbonyl (C=O) groups excluding carboxylic acids is 3. The van der Waals surface area contributed by atoms with Crippen molar-refractivity contribution in [2.24, 2.45) is 0 Å². The van der Waals surface area contributed by atoms with Crippen molar-refractivity contribution in [3.05, 3.63) is 88.7 Å². The molecule has 0 radical (unpaired) electrons. The fourth-order valence-corrected chi connectivity index (χ4v) is 4.66. The largest absolute Gasteiger partial charge is 0.507 e. The molecule has 35 heavy (non-hydrogen) atoms. The minimum Gasteiger partial charge on any atom is -0.507 e. The van der Waals surface area contributed by atoms with Crippen molar-refractivity contribution in [2.45, 2.75) is 13.0 Å². The maximum atomic E-state index is 13.3. The molecular weight excluding hydrogens is 470 g/mol. The standard InChI is InChI=1S/C25H21N3O6S/c1-4-13-34-24(32)22-14(2)27-25(35-22)28-19(15-5-7-17(33-3)8-6-15)18(21(30)23(28)31)20(29)16-9-11-26-12-10-16/h4-12,19,29H,1,13H2,2-3H3/b20-18+. The van der Waals surface area contributed by atoms with Gasteiger partial charge < -0.3 is 14.6 Å². The molecule has 0 aliphatic carbocycles. The Morgan fingerprint density at radius 3 is 2.51 bits per heavy atom. The number of ether oxygens (including phenoxy) is 2. The zero-order chi connectivity index (χ0) is 25.1. The number of rotatable bonds is 7. The lowest BCUT2D eigenvalue weighted by Gasteiger charge is -2.23. The number of hydrogen-bond donors (Lipinski definition) is 1. The van der Waals surface area contributed by atoms with Gasteiger partial charge in [-0.3, -0.25) is 19.5 Å². The van der Waals surface area contributed by atoms with Gasteiger partial charge in [-0.25, -0.2) is 9.78 Å². The van der Waals surface area contributed by atoms with Crippen LogP contribution in [0, 0.1) is 6.92 Å². The van der Waals surface area contributed by atoms with E-state index < -0.39 is 23.7 Å². The first-order chi connectivity index (χ1) is 16.9. The van der Waals surface area contributed by atoms with Crippen molar-refractivity contribution < 1.29 is 29.0 Å². The molecule has 1 N–H and O–H groups in total. The summed E-state index contributed by atoms with van der Waals surface area (Å²) >= 11 is 0.931. The average molecular weight is 492 g/mol. The predicted octanol–water partition coefficient (Wildman–Crippen LogP) is 3.82. The third kappa shape index (κ3) is 4.43. The summed E-state index contributed by atoms with van der Waals surface area (Å²) in [4.78, 5) is 48.6. The number of nitrogens with zero attached hydrogens (tertiary/aromatic N) is 3. The predicted molar refractivity (Wildman–Crippen MR) is 129 cm³/mol. The van der Waals surface area contributed by atoms with Crippen LogP contribution in [0.5, 0.6) is 5.75 Å². The van der Waals surface area contributed by atoms with Crippen LogP contribution in [-0.4, -0.2) is 46.5 Å². The average Bonchev–Trinajstić information content (AvgIpc) is 3.39. The second-order valence-electron chi connectivity index (χ2n) is 7.48.